The number of anilines is 1. The number of aromatic nitrogens is 4. The van der Waals surface area contributed by atoms with Crippen molar-refractivity contribution in [1.29, 1.82) is 0 Å². The van der Waals surface area contributed by atoms with Crippen LogP contribution >= 0.6 is 11.6 Å². The van der Waals surface area contributed by atoms with E-state index in [-0.39, 0.29) is 5.82 Å². The SMILES string of the molecule is COCCCNc1nc2c(-c3cccc(F)c3)nnn2c2ccc(Cl)cc12. The number of nitrogens with zero attached hydrogens (tertiary/aromatic N) is 4. The predicted molar refractivity (Wildman–Crippen MR) is 104 cm³/mol. The highest BCUT2D eigenvalue weighted by molar-refractivity contribution is 6.31. The number of ether oxygens (including phenoxy) is 1. The van der Waals surface area contributed by atoms with E-state index in [9.17, 15) is 4.39 Å². The zero-order valence-corrected chi connectivity index (χ0v) is 15.4. The molecule has 2 aromatic carbocycles. The molecule has 4 aromatic rings. The standard InChI is InChI=1S/C19H17ClFN5O/c1-27-9-3-8-22-18-15-11-13(20)6-7-16(15)26-19(23-18)17(24-25-26)12-4-2-5-14(21)10-12/h2,4-7,10-11H,3,8-9H2,1H3,(H,22,23). The number of benzene rings is 2. The molecule has 8 heteroatoms. The summed E-state index contributed by atoms with van der Waals surface area (Å²) < 4.78 is 20.4. The molecule has 0 saturated heterocycles. The average molecular weight is 386 g/mol. The number of halogens is 2. The van der Waals surface area contributed by atoms with Crippen LogP contribution in [0.25, 0.3) is 27.8 Å². The first-order valence-electron chi connectivity index (χ1n) is 8.51. The van der Waals surface area contributed by atoms with Crippen LogP contribution in [0.5, 0.6) is 0 Å². The minimum atomic E-state index is -0.334. The molecule has 0 aliphatic rings. The van der Waals surface area contributed by atoms with Crippen LogP contribution < -0.4 is 5.32 Å². The maximum absolute atomic E-state index is 13.7. The lowest BCUT2D eigenvalue weighted by molar-refractivity contribution is 0.198. The largest absolute Gasteiger partial charge is 0.385 e. The van der Waals surface area contributed by atoms with Gasteiger partial charge in [0, 0.05) is 36.2 Å². The van der Waals surface area contributed by atoms with E-state index in [1.807, 2.05) is 12.1 Å². The Balaban J connectivity index is 1.88. The molecule has 1 N–H and O–H groups in total. The third-order valence-corrected chi connectivity index (χ3v) is 4.46. The molecule has 0 fully saturated rings. The topological polar surface area (TPSA) is 64.3 Å². The van der Waals surface area contributed by atoms with E-state index in [2.05, 4.69) is 15.6 Å². The molecule has 27 heavy (non-hydrogen) atoms. The number of hydrogen-bond donors (Lipinski definition) is 1. The fraction of sp³-hybridized carbons (Fsp3) is 0.211. The molecule has 0 atom stereocenters. The molecule has 0 saturated carbocycles. The zero-order chi connectivity index (χ0) is 18.8. The van der Waals surface area contributed by atoms with Gasteiger partial charge in [-0.15, -0.1) is 5.10 Å². The Bertz CT molecular complexity index is 1110. The van der Waals surface area contributed by atoms with Crippen molar-refractivity contribution in [3.63, 3.8) is 0 Å². The highest BCUT2D eigenvalue weighted by Crippen LogP contribution is 2.29. The van der Waals surface area contributed by atoms with Gasteiger partial charge >= 0.3 is 0 Å². The molecular formula is C19H17ClFN5O. The Morgan fingerprint density at radius 2 is 2.11 bits per heavy atom. The van der Waals surface area contributed by atoms with Gasteiger partial charge in [0.15, 0.2) is 5.65 Å². The number of fused-ring (bicyclic) bond motifs is 3. The van der Waals surface area contributed by atoms with E-state index in [0.717, 1.165) is 17.3 Å². The Morgan fingerprint density at radius 3 is 2.93 bits per heavy atom. The van der Waals surface area contributed by atoms with Crippen LogP contribution in [0.1, 0.15) is 6.42 Å². The second-order valence-electron chi connectivity index (χ2n) is 6.08. The average Bonchev–Trinajstić information content (AvgIpc) is 3.09. The van der Waals surface area contributed by atoms with Crippen LogP contribution in [-0.2, 0) is 4.74 Å². The van der Waals surface area contributed by atoms with Crippen LogP contribution in [-0.4, -0.2) is 40.1 Å². The van der Waals surface area contributed by atoms with Crippen molar-refractivity contribution in [2.24, 2.45) is 0 Å². The number of hydrogen-bond acceptors (Lipinski definition) is 5. The number of nitrogens with one attached hydrogen (secondary N) is 1. The first-order valence-corrected chi connectivity index (χ1v) is 8.88. The highest BCUT2D eigenvalue weighted by atomic mass is 35.5. The molecule has 0 radical (unpaired) electrons. The number of rotatable bonds is 6. The molecule has 0 aliphatic carbocycles. The van der Waals surface area contributed by atoms with Gasteiger partial charge < -0.3 is 10.1 Å². The van der Waals surface area contributed by atoms with E-state index in [4.69, 9.17) is 21.3 Å². The van der Waals surface area contributed by atoms with E-state index < -0.39 is 0 Å². The monoisotopic (exact) mass is 385 g/mol. The first kappa shape index (κ1) is 17.6. The van der Waals surface area contributed by atoms with E-state index >= 15 is 0 Å². The van der Waals surface area contributed by atoms with Gasteiger partial charge in [-0.25, -0.2) is 9.37 Å². The number of methoxy groups -OCH3 is 1. The minimum Gasteiger partial charge on any atom is -0.385 e. The van der Waals surface area contributed by atoms with Gasteiger partial charge in [0.05, 0.1) is 5.52 Å². The fourth-order valence-corrected chi connectivity index (χ4v) is 3.14. The lowest BCUT2D eigenvalue weighted by Crippen LogP contribution is -2.08. The van der Waals surface area contributed by atoms with Crippen LogP contribution in [0.15, 0.2) is 42.5 Å². The van der Waals surface area contributed by atoms with Gasteiger partial charge in [-0.1, -0.05) is 28.9 Å². The summed E-state index contributed by atoms with van der Waals surface area (Å²) in [5.74, 6) is 0.343. The highest BCUT2D eigenvalue weighted by Gasteiger charge is 2.16. The van der Waals surface area contributed by atoms with Crippen LogP contribution in [0.4, 0.5) is 10.2 Å². The molecule has 0 amide bonds. The third-order valence-electron chi connectivity index (χ3n) is 4.22. The lowest BCUT2D eigenvalue weighted by atomic mass is 10.1. The second-order valence-corrected chi connectivity index (χ2v) is 6.52. The molecule has 4 rings (SSSR count). The van der Waals surface area contributed by atoms with Crippen molar-refractivity contribution in [1.82, 2.24) is 19.8 Å². The molecule has 2 aromatic heterocycles. The Kier molecular flexibility index (Phi) is 4.87. The molecule has 0 aliphatic heterocycles. The lowest BCUT2D eigenvalue weighted by Gasteiger charge is -2.10. The molecule has 2 heterocycles. The van der Waals surface area contributed by atoms with Gasteiger partial charge in [0.1, 0.15) is 17.3 Å². The summed E-state index contributed by atoms with van der Waals surface area (Å²) in [6, 6.07) is 11.7. The van der Waals surface area contributed by atoms with Crippen molar-refractivity contribution >= 4 is 34.0 Å². The minimum absolute atomic E-state index is 0.334. The molecule has 138 valence electrons. The van der Waals surface area contributed by atoms with Crippen LogP contribution in [0.3, 0.4) is 0 Å². The van der Waals surface area contributed by atoms with E-state index in [1.54, 1.807) is 29.8 Å². The van der Waals surface area contributed by atoms with Gasteiger partial charge in [0.2, 0.25) is 0 Å². The van der Waals surface area contributed by atoms with Crippen molar-refractivity contribution in [2.75, 3.05) is 25.6 Å². The van der Waals surface area contributed by atoms with Crippen molar-refractivity contribution < 1.29 is 9.13 Å². The van der Waals surface area contributed by atoms with Crippen molar-refractivity contribution in [3.8, 4) is 11.3 Å². The van der Waals surface area contributed by atoms with Crippen molar-refractivity contribution in [3.05, 3.63) is 53.3 Å². The Morgan fingerprint density at radius 1 is 1.22 bits per heavy atom. The summed E-state index contributed by atoms with van der Waals surface area (Å²) in [6.07, 6.45) is 0.833. The van der Waals surface area contributed by atoms with E-state index in [0.29, 0.717) is 40.9 Å². The summed E-state index contributed by atoms with van der Waals surface area (Å²) >= 11 is 6.18. The first-order chi connectivity index (χ1) is 13.2. The molecule has 0 unspecified atom stereocenters. The zero-order valence-electron chi connectivity index (χ0n) is 14.6. The smallest absolute Gasteiger partial charge is 0.186 e. The predicted octanol–water partition coefficient (Wildman–Crippen LogP) is 4.19. The third kappa shape index (κ3) is 3.43. The van der Waals surface area contributed by atoms with Crippen LogP contribution in [0, 0.1) is 5.82 Å². The van der Waals surface area contributed by atoms with Crippen molar-refractivity contribution in [2.45, 2.75) is 6.42 Å². The fourth-order valence-electron chi connectivity index (χ4n) is 2.97. The Hall–Kier alpha value is -2.77. The quantitative estimate of drug-likeness (QED) is 0.504. The Labute approximate surface area is 159 Å². The summed E-state index contributed by atoms with van der Waals surface area (Å²) in [6.45, 7) is 1.34. The summed E-state index contributed by atoms with van der Waals surface area (Å²) in [5, 5.41) is 13.2. The van der Waals surface area contributed by atoms with Gasteiger partial charge in [0.25, 0.3) is 0 Å². The summed E-state index contributed by atoms with van der Waals surface area (Å²) in [5.41, 5.74) is 2.50. The maximum Gasteiger partial charge on any atom is 0.186 e. The van der Waals surface area contributed by atoms with E-state index in [1.165, 1.54) is 12.1 Å². The van der Waals surface area contributed by atoms with Crippen LogP contribution in [0.2, 0.25) is 5.02 Å². The normalized spacial score (nSPS) is 11.4. The molecule has 6 nitrogen and oxygen atoms in total. The summed E-state index contributed by atoms with van der Waals surface area (Å²) in [4.78, 5) is 4.71. The van der Waals surface area contributed by atoms with Gasteiger partial charge in [-0.05, 0) is 36.8 Å². The molecule has 0 bridgehead atoms. The van der Waals surface area contributed by atoms with Gasteiger partial charge in [-0.2, -0.15) is 4.52 Å². The molecular weight excluding hydrogens is 369 g/mol. The summed E-state index contributed by atoms with van der Waals surface area (Å²) in [7, 11) is 1.67. The maximum atomic E-state index is 13.7. The second kappa shape index (κ2) is 7.46. The van der Waals surface area contributed by atoms with Gasteiger partial charge in [-0.3, -0.25) is 0 Å². The molecule has 0 spiro atoms.